The molecule has 0 bridgehead atoms. The fourth-order valence-electron chi connectivity index (χ4n) is 3.64. The maximum Gasteiger partial charge on any atom is 0.307 e. The van der Waals surface area contributed by atoms with Crippen LogP contribution >= 0.6 is 0 Å². The Morgan fingerprint density at radius 3 is 2.19 bits per heavy atom. The summed E-state index contributed by atoms with van der Waals surface area (Å²) in [4.78, 5) is 25.4. The summed E-state index contributed by atoms with van der Waals surface area (Å²) in [5, 5.41) is 12.7. The molecule has 0 aromatic heterocycles. The van der Waals surface area contributed by atoms with Crippen molar-refractivity contribution in [2.45, 2.75) is 104 Å². The summed E-state index contributed by atoms with van der Waals surface area (Å²) in [6, 6.07) is 9.41. The van der Waals surface area contributed by atoms with Crippen molar-refractivity contribution in [1.82, 2.24) is 5.32 Å². The van der Waals surface area contributed by atoms with Gasteiger partial charge in [0.15, 0.2) is 0 Å². The first-order chi connectivity index (χ1) is 14.7. The van der Waals surface area contributed by atoms with E-state index in [1.807, 2.05) is 51.1 Å². The lowest BCUT2D eigenvalue weighted by Crippen LogP contribution is -2.43. The molecule has 0 spiro atoms. The van der Waals surface area contributed by atoms with Crippen LogP contribution in [0.15, 0.2) is 30.3 Å². The summed E-state index contributed by atoms with van der Waals surface area (Å²) in [7, 11) is 0. The first kappa shape index (κ1) is 27.2. The molecule has 176 valence electrons. The number of carbonyl (C=O) groups excluding carboxylic acids is 2. The molecule has 0 saturated heterocycles. The van der Waals surface area contributed by atoms with Crippen LogP contribution in [0.25, 0.3) is 0 Å². The van der Waals surface area contributed by atoms with Crippen LogP contribution in [0.4, 0.5) is 0 Å². The van der Waals surface area contributed by atoms with E-state index in [2.05, 4.69) is 12.2 Å². The van der Waals surface area contributed by atoms with E-state index in [-0.39, 0.29) is 30.9 Å². The normalized spacial score (nSPS) is 13.5. The fraction of sp³-hybridized carbons (Fsp3) is 0.692. The zero-order chi connectivity index (χ0) is 23.1. The van der Waals surface area contributed by atoms with Gasteiger partial charge >= 0.3 is 5.97 Å². The topological polar surface area (TPSA) is 75.6 Å². The van der Waals surface area contributed by atoms with Gasteiger partial charge in [-0.2, -0.15) is 0 Å². The van der Waals surface area contributed by atoms with Gasteiger partial charge in [0.05, 0.1) is 19.1 Å². The molecule has 1 amide bonds. The number of hydrogen-bond acceptors (Lipinski definition) is 4. The van der Waals surface area contributed by atoms with Crippen LogP contribution in [0.1, 0.15) is 91.0 Å². The highest BCUT2D eigenvalue weighted by Gasteiger charge is 2.26. The summed E-state index contributed by atoms with van der Waals surface area (Å²) in [5.74, 6) is -0.957. The zero-order valence-electron chi connectivity index (χ0n) is 20.0. The molecule has 0 saturated carbocycles. The van der Waals surface area contributed by atoms with E-state index in [0.29, 0.717) is 12.8 Å². The Bertz CT molecular complexity index is 624. The van der Waals surface area contributed by atoms with Crippen LogP contribution < -0.4 is 5.32 Å². The standard InChI is InChI=1S/C26H43NO4/c1-5-6-7-8-9-10-14-17-22(19-24(29)31-26(2,3)4)25(30)27-23(20-28)18-21-15-12-11-13-16-21/h11-13,15-16,22-23,28H,5-10,14,17-20H2,1-4H3,(H,27,30)/t22-,23+/m1/s1. The van der Waals surface area contributed by atoms with E-state index in [1.165, 1.54) is 25.7 Å². The molecule has 5 heteroatoms. The Morgan fingerprint density at radius 1 is 1.00 bits per heavy atom. The van der Waals surface area contributed by atoms with Gasteiger partial charge in [0, 0.05) is 5.92 Å². The number of unbranched alkanes of at least 4 members (excludes halogenated alkanes) is 6. The van der Waals surface area contributed by atoms with E-state index in [0.717, 1.165) is 24.8 Å². The molecule has 2 atom stereocenters. The molecule has 5 nitrogen and oxygen atoms in total. The van der Waals surface area contributed by atoms with Crippen LogP contribution in [0.2, 0.25) is 0 Å². The van der Waals surface area contributed by atoms with Gasteiger partial charge in [-0.15, -0.1) is 0 Å². The summed E-state index contributed by atoms with van der Waals surface area (Å²) in [5.41, 5.74) is 0.482. The van der Waals surface area contributed by atoms with Gasteiger partial charge in [-0.1, -0.05) is 82.2 Å². The van der Waals surface area contributed by atoms with E-state index >= 15 is 0 Å². The van der Waals surface area contributed by atoms with Gasteiger partial charge in [0.2, 0.25) is 5.91 Å². The maximum atomic E-state index is 13.0. The highest BCUT2D eigenvalue weighted by Crippen LogP contribution is 2.19. The average molecular weight is 434 g/mol. The third kappa shape index (κ3) is 13.2. The molecule has 0 aliphatic heterocycles. The minimum atomic E-state index is -0.571. The molecule has 0 unspecified atom stereocenters. The SMILES string of the molecule is CCCCCCCCC[C@H](CC(=O)OC(C)(C)C)C(=O)N[C@H](CO)Cc1ccccc1. The van der Waals surface area contributed by atoms with Gasteiger partial charge in [-0.3, -0.25) is 9.59 Å². The minimum absolute atomic E-state index is 0.0718. The van der Waals surface area contributed by atoms with E-state index in [4.69, 9.17) is 4.74 Å². The molecule has 0 radical (unpaired) electrons. The summed E-state index contributed by atoms with van der Waals surface area (Å²) < 4.78 is 5.45. The number of ether oxygens (including phenoxy) is 1. The van der Waals surface area contributed by atoms with Crippen LogP contribution in [0.3, 0.4) is 0 Å². The molecular formula is C26H43NO4. The number of amides is 1. The van der Waals surface area contributed by atoms with Crippen LogP contribution in [-0.4, -0.2) is 35.2 Å². The van der Waals surface area contributed by atoms with Crippen molar-refractivity contribution in [3.8, 4) is 0 Å². The molecule has 0 aliphatic carbocycles. The Hall–Kier alpha value is -1.88. The number of hydrogen-bond donors (Lipinski definition) is 2. The van der Waals surface area contributed by atoms with Crippen molar-refractivity contribution in [3.63, 3.8) is 0 Å². The van der Waals surface area contributed by atoms with Crippen LogP contribution in [0.5, 0.6) is 0 Å². The molecule has 1 rings (SSSR count). The zero-order valence-corrected chi connectivity index (χ0v) is 20.0. The predicted octanol–water partition coefficient (Wildman–Crippen LogP) is 5.19. The monoisotopic (exact) mass is 433 g/mol. The molecule has 31 heavy (non-hydrogen) atoms. The highest BCUT2D eigenvalue weighted by atomic mass is 16.6. The largest absolute Gasteiger partial charge is 0.460 e. The van der Waals surface area contributed by atoms with E-state index in [1.54, 1.807) is 0 Å². The number of aliphatic hydroxyl groups is 1. The Balaban J connectivity index is 2.63. The fourth-order valence-corrected chi connectivity index (χ4v) is 3.64. The lowest BCUT2D eigenvalue weighted by atomic mass is 9.95. The molecule has 0 fully saturated rings. The number of aliphatic hydroxyl groups excluding tert-OH is 1. The second-order valence-electron chi connectivity index (χ2n) is 9.48. The van der Waals surface area contributed by atoms with Gasteiger partial charge < -0.3 is 15.2 Å². The van der Waals surface area contributed by atoms with Crippen molar-refractivity contribution in [2.75, 3.05) is 6.61 Å². The first-order valence-corrected chi connectivity index (χ1v) is 11.9. The number of benzene rings is 1. The lowest BCUT2D eigenvalue weighted by molar-refractivity contribution is -0.157. The minimum Gasteiger partial charge on any atom is -0.460 e. The third-order valence-corrected chi connectivity index (χ3v) is 5.25. The van der Waals surface area contributed by atoms with Crippen molar-refractivity contribution < 1.29 is 19.4 Å². The number of carbonyl (C=O) groups is 2. The van der Waals surface area contributed by atoms with Crippen molar-refractivity contribution in [1.29, 1.82) is 0 Å². The van der Waals surface area contributed by atoms with Crippen molar-refractivity contribution in [3.05, 3.63) is 35.9 Å². The molecule has 1 aromatic rings. The van der Waals surface area contributed by atoms with Crippen molar-refractivity contribution in [2.24, 2.45) is 5.92 Å². The molecule has 0 heterocycles. The Morgan fingerprint density at radius 2 is 1.61 bits per heavy atom. The number of nitrogens with one attached hydrogen (secondary N) is 1. The quantitative estimate of drug-likeness (QED) is 0.295. The van der Waals surface area contributed by atoms with Gasteiger partial charge in [-0.25, -0.2) is 0 Å². The summed E-state index contributed by atoms with van der Waals surface area (Å²) in [6.45, 7) is 7.56. The smallest absolute Gasteiger partial charge is 0.307 e. The highest BCUT2D eigenvalue weighted by molar-refractivity contribution is 5.84. The van der Waals surface area contributed by atoms with Gasteiger partial charge in [0.25, 0.3) is 0 Å². The first-order valence-electron chi connectivity index (χ1n) is 11.9. The molecule has 1 aromatic carbocycles. The second-order valence-corrected chi connectivity index (χ2v) is 9.48. The maximum absolute atomic E-state index is 13.0. The summed E-state index contributed by atoms with van der Waals surface area (Å²) in [6.07, 6.45) is 9.40. The molecule has 0 aliphatic rings. The van der Waals surface area contributed by atoms with E-state index < -0.39 is 11.5 Å². The van der Waals surface area contributed by atoms with Gasteiger partial charge in [0.1, 0.15) is 5.60 Å². The average Bonchev–Trinajstić information content (AvgIpc) is 2.71. The Labute approximate surface area is 189 Å². The molecule has 2 N–H and O–H groups in total. The lowest BCUT2D eigenvalue weighted by Gasteiger charge is -2.24. The number of rotatable bonds is 15. The predicted molar refractivity (Wildman–Crippen MR) is 126 cm³/mol. The number of esters is 1. The van der Waals surface area contributed by atoms with Crippen molar-refractivity contribution >= 4 is 11.9 Å². The second kappa shape index (κ2) is 15.0. The third-order valence-electron chi connectivity index (χ3n) is 5.25. The van der Waals surface area contributed by atoms with Gasteiger partial charge in [-0.05, 0) is 39.2 Å². The van der Waals surface area contributed by atoms with Crippen LogP contribution in [0, 0.1) is 5.92 Å². The molecular weight excluding hydrogens is 390 g/mol. The Kier molecular flexibility index (Phi) is 13.1. The summed E-state index contributed by atoms with van der Waals surface area (Å²) >= 11 is 0. The van der Waals surface area contributed by atoms with Crippen LogP contribution in [-0.2, 0) is 20.7 Å². The van der Waals surface area contributed by atoms with E-state index in [9.17, 15) is 14.7 Å².